The molecule has 0 bridgehead atoms. The highest BCUT2D eigenvalue weighted by Gasteiger charge is 2.59. The summed E-state index contributed by atoms with van der Waals surface area (Å²) in [6.07, 6.45) is 9.94. The molecular weight excluding hydrogens is 460 g/mol. The third-order valence-corrected chi connectivity index (χ3v) is 10.7. The van der Waals surface area contributed by atoms with Gasteiger partial charge in [-0.2, -0.15) is 0 Å². The molecule has 1 saturated heterocycles. The molecule has 4 aliphatic carbocycles. The molecule has 0 aromatic rings. The molecule has 5 aliphatic rings. The van der Waals surface area contributed by atoms with Gasteiger partial charge in [0.2, 0.25) is 0 Å². The van der Waals surface area contributed by atoms with Crippen LogP contribution in [-0.4, -0.2) is 63.8 Å². The van der Waals surface area contributed by atoms with Crippen LogP contribution in [0.4, 0.5) is 0 Å². The summed E-state index contributed by atoms with van der Waals surface area (Å²) in [5.74, 6) is 0.982. The average Bonchev–Trinajstić information content (AvgIpc) is 3.39. The second-order valence-electron chi connectivity index (χ2n) is 12.4. The quantitative estimate of drug-likeness (QED) is 0.558. The van der Waals surface area contributed by atoms with Crippen molar-refractivity contribution < 1.29 is 29.4 Å². The van der Waals surface area contributed by atoms with E-state index in [0.717, 1.165) is 44.2 Å². The lowest BCUT2D eigenvalue weighted by molar-refractivity contribution is -0.150. The zero-order valence-electron chi connectivity index (χ0n) is 21.7. The molecule has 0 aromatic carbocycles. The molecule has 8 nitrogen and oxygen atoms in total. The molecule has 1 heterocycles. The summed E-state index contributed by atoms with van der Waals surface area (Å²) in [4.78, 5) is 42.8. The number of aliphatic carboxylic acids is 1. The van der Waals surface area contributed by atoms with Crippen LogP contribution in [0.5, 0.6) is 0 Å². The lowest BCUT2D eigenvalue weighted by Gasteiger charge is -2.58. The second-order valence-corrected chi connectivity index (χ2v) is 12.4. The summed E-state index contributed by atoms with van der Waals surface area (Å²) < 4.78 is 0. The number of aliphatic hydroxyl groups is 1. The predicted molar refractivity (Wildman–Crippen MR) is 133 cm³/mol. The Morgan fingerprint density at radius 3 is 2.61 bits per heavy atom. The molecule has 0 radical (unpaired) electrons. The lowest BCUT2D eigenvalue weighted by Crippen LogP contribution is -2.51. The predicted octanol–water partition coefficient (Wildman–Crippen LogP) is 3.57. The van der Waals surface area contributed by atoms with Gasteiger partial charge in [0.15, 0.2) is 6.61 Å². The monoisotopic (exact) mass is 500 g/mol. The first-order valence-corrected chi connectivity index (χ1v) is 13.6. The number of β-amino-alcohol motifs (C(OH)–C–C–N with tert-alkyl or cyclic N) is 1. The van der Waals surface area contributed by atoms with Gasteiger partial charge < -0.3 is 20.0 Å². The van der Waals surface area contributed by atoms with E-state index < -0.39 is 24.0 Å². The Kier molecular flexibility index (Phi) is 6.54. The highest BCUT2D eigenvalue weighted by molar-refractivity contribution is 5.96. The fraction of sp³-hybridized carbons (Fsp3) is 0.786. The number of hydrogen-bond acceptors (Lipinski definition) is 6. The molecule has 1 aliphatic heterocycles. The summed E-state index contributed by atoms with van der Waals surface area (Å²) in [7, 11) is 0. The molecule has 36 heavy (non-hydrogen) atoms. The third kappa shape index (κ3) is 4.09. The van der Waals surface area contributed by atoms with E-state index in [-0.39, 0.29) is 36.3 Å². The van der Waals surface area contributed by atoms with E-state index in [1.165, 1.54) is 23.3 Å². The van der Waals surface area contributed by atoms with Crippen LogP contribution < -0.4 is 0 Å². The normalized spacial score (nSPS) is 42.8. The number of nitrogens with zero attached hydrogens (tertiary/aromatic N) is 2. The SMILES string of the molecule is CC(=O)[C@H]1CC[C@@H]2[C@H]3CCC4=C/C(=N/OCC(=O)N5C[C@H](O)C[C@@H]5C(=O)O)CC[C@]4(C)[C@@H]3CC[C@]12C. The van der Waals surface area contributed by atoms with Gasteiger partial charge in [0, 0.05) is 18.9 Å². The van der Waals surface area contributed by atoms with Crippen LogP contribution in [0.2, 0.25) is 0 Å². The van der Waals surface area contributed by atoms with E-state index in [9.17, 15) is 24.6 Å². The van der Waals surface area contributed by atoms with E-state index >= 15 is 0 Å². The summed E-state index contributed by atoms with van der Waals surface area (Å²) in [5.41, 5.74) is 2.58. The van der Waals surface area contributed by atoms with Crippen molar-refractivity contribution in [1.82, 2.24) is 4.90 Å². The Hall–Kier alpha value is -2.22. The van der Waals surface area contributed by atoms with Gasteiger partial charge >= 0.3 is 5.97 Å². The maximum absolute atomic E-state index is 12.5. The molecular formula is C28H40N2O6. The molecule has 2 N–H and O–H groups in total. The van der Waals surface area contributed by atoms with Crippen molar-refractivity contribution in [1.29, 1.82) is 0 Å². The number of carbonyl (C=O) groups excluding carboxylic acids is 2. The number of amides is 1. The molecule has 8 atom stereocenters. The first kappa shape index (κ1) is 25.4. The van der Waals surface area contributed by atoms with Crippen molar-refractivity contribution >= 4 is 23.4 Å². The fourth-order valence-corrected chi connectivity index (χ4v) is 8.89. The number of rotatable bonds is 5. The van der Waals surface area contributed by atoms with E-state index in [2.05, 4.69) is 25.1 Å². The summed E-state index contributed by atoms with van der Waals surface area (Å²) in [6, 6.07) is -1.01. The first-order valence-electron chi connectivity index (χ1n) is 13.6. The topological polar surface area (TPSA) is 117 Å². The number of allylic oxidation sites excluding steroid dienone is 2. The van der Waals surface area contributed by atoms with E-state index in [0.29, 0.717) is 23.5 Å². The highest BCUT2D eigenvalue weighted by atomic mass is 16.6. The number of carboxylic acid groups (broad SMARTS) is 1. The van der Waals surface area contributed by atoms with E-state index in [1.807, 2.05) is 0 Å². The van der Waals surface area contributed by atoms with Crippen LogP contribution in [0, 0.1) is 34.5 Å². The van der Waals surface area contributed by atoms with Gasteiger partial charge in [0.05, 0.1) is 11.8 Å². The van der Waals surface area contributed by atoms with Gasteiger partial charge in [-0.1, -0.05) is 24.6 Å². The highest BCUT2D eigenvalue weighted by Crippen LogP contribution is 2.66. The van der Waals surface area contributed by atoms with Crippen molar-refractivity contribution in [2.45, 2.75) is 90.7 Å². The van der Waals surface area contributed by atoms with Gasteiger partial charge in [0.1, 0.15) is 11.8 Å². The smallest absolute Gasteiger partial charge is 0.326 e. The molecule has 0 spiro atoms. The number of aliphatic hydroxyl groups excluding tert-OH is 1. The number of oxime groups is 1. The second kappa shape index (κ2) is 9.26. The van der Waals surface area contributed by atoms with Crippen LogP contribution in [0.25, 0.3) is 0 Å². The van der Waals surface area contributed by atoms with Gasteiger partial charge in [-0.05, 0) is 93.0 Å². The van der Waals surface area contributed by atoms with Crippen LogP contribution in [-0.2, 0) is 19.2 Å². The van der Waals surface area contributed by atoms with Crippen LogP contribution >= 0.6 is 0 Å². The molecule has 4 fully saturated rings. The molecule has 0 aromatic heterocycles. The lowest BCUT2D eigenvalue weighted by atomic mass is 9.46. The zero-order chi connectivity index (χ0) is 25.8. The molecule has 8 heteroatoms. The third-order valence-electron chi connectivity index (χ3n) is 10.7. The van der Waals surface area contributed by atoms with Crippen molar-refractivity contribution in [2.24, 2.45) is 39.7 Å². The maximum atomic E-state index is 12.5. The fourth-order valence-electron chi connectivity index (χ4n) is 8.89. The van der Waals surface area contributed by atoms with Crippen molar-refractivity contribution in [3.05, 3.63) is 11.6 Å². The molecule has 5 rings (SSSR count). The minimum absolute atomic E-state index is 0.00783. The average molecular weight is 501 g/mol. The van der Waals surface area contributed by atoms with Crippen molar-refractivity contribution in [3.8, 4) is 0 Å². The molecule has 1 amide bonds. The van der Waals surface area contributed by atoms with E-state index in [1.54, 1.807) is 6.92 Å². The van der Waals surface area contributed by atoms with Crippen molar-refractivity contribution in [2.75, 3.05) is 13.2 Å². The zero-order valence-corrected chi connectivity index (χ0v) is 21.7. The number of Topliss-reactive ketones (excluding diaryl/α,β-unsaturated/α-hetero) is 1. The maximum Gasteiger partial charge on any atom is 0.326 e. The largest absolute Gasteiger partial charge is 0.480 e. The molecule has 3 saturated carbocycles. The van der Waals surface area contributed by atoms with Crippen LogP contribution in [0.15, 0.2) is 16.8 Å². The molecule has 0 unspecified atom stereocenters. The Morgan fingerprint density at radius 2 is 1.89 bits per heavy atom. The van der Waals surface area contributed by atoms with Gasteiger partial charge in [0.25, 0.3) is 5.91 Å². The number of hydrogen-bond donors (Lipinski definition) is 2. The summed E-state index contributed by atoms with van der Waals surface area (Å²) in [5, 5.41) is 23.3. The van der Waals surface area contributed by atoms with Gasteiger partial charge in [-0.3, -0.25) is 9.59 Å². The van der Waals surface area contributed by atoms with Crippen LogP contribution in [0.1, 0.15) is 78.6 Å². The van der Waals surface area contributed by atoms with E-state index in [4.69, 9.17) is 4.84 Å². The minimum Gasteiger partial charge on any atom is -0.480 e. The Balaban J connectivity index is 1.24. The number of likely N-dealkylation sites (tertiary alicyclic amines) is 1. The molecule has 198 valence electrons. The minimum atomic E-state index is -1.12. The standard InChI is InChI=1S/C28H40N2O6/c1-16(31)21-6-7-22-20-5-4-17-12-18(8-10-27(17,2)23(20)9-11-28(21,22)3)29-36-15-25(33)30-14-19(32)13-24(30)26(34)35/h12,19-24,32H,4-11,13-15H2,1-3H3,(H,34,35)/b29-18+/t19-,20-,21-,22-,23-,24-,27+,28-/m1/s1. The Morgan fingerprint density at radius 1 is 1.11 bits per heavy atom. The van der Waals surface area contributed by atoms with Gasteiger partial charge in [-0.25, -0.2) is 4.79 Å². The number of carboxylic acids is 1. The van der Waals surface area contributed by atoms with Crippen molar-refractivity contribution in [3.63, 3.8) is 0 Å². The summed E-state index contributed by atoms with van der Waals surface area (Å²) in [6.45, 7) is 6.26. The number of fused-ring (bicyclic) bond motifs is 5. The first-order chi connectivity index (χ1) is 17.0. The Bertz CT molecular complexity index is 1010. The van der Waals surface area contributed by atoms with Gasteiger partial charge in [-0.15, -0.1) is 0 Å². The Labute approximate surface area is 213 Å². The number of ketones is 1. The van der Waals surface area contributed by atoms with Crippen LogP contribution in [0.3, 0.4) is 0 Å². The summed E-state index contributed by atoms with van der Waals surface area (Å²) >= 11 is 0. The number of carbonyl (C=O) groups is 3.